The molecule has 0 radical (unpaired) electrons. The van der Waals surface area contributed by atoms with E-state index in [2.05, 4.69) is 30.9 Å². The van der Waals surface area contributed by atoms with Gasteiger partial charge in [0.25, 0.3) is 0 Å². The molecule has 2 aromatic carbocycles. The molecule has 15 heteroatoms. The maximum absolute atomic E-state index is 11.5. The van der Waals surface area contributed by atoms with Crippen LogP contribution in [0, 0.1) is 0 Å². The number of nitrogens with one attached hydrogen (secondary N) is 3. The minimum Gasteiger partial charge on any atom is -0.480 e. The average Bonchev–Trinajstić information content (AvgIpc) is 3.49. The summed E-state index contributed by atoms with van der Waals surface area (Å²) >= 11 is 14.0. The Bertz CT molecular complexity index is 1710. The van der Waals surface area contributed by atoms with Gasteiger partial charge in [-0.3, -0.25) is 20.5 Å². The normalized spacial score (nSPS) is 15.0. The number of benzene rings is 2. The van der Waals surface area contributed by atoms with Crippen LogP contribution in [0.5, 0.6) is 11.8 Å². The van der Waals surface area contributed by atoms with E-state index in [1.54, 1.807) is 19.5 Å². The van der Waals surface area contributed by atoms with Crippen LogP contribution in [0.25, 0.3) is 33.6 Å². The van der Waals surface area contributed by atoms with E-state index in [9.17, 15) is 4.79 Å². The number of methoxy groups -OCH3 is 2. The number of amides is 1. The molecule has 0 bridgehead atoms. The number of nitrogens with zero attached hydrogens (tertiary/aromatic N) is 4. The second-order valence-electron chi connectivity index (χ2n) is 10.6. The zero-order chi connectivity index (χ0) is 33.3. The zero-order valence-electron chi connectivity index (χ0n) is 25.9. The van der Waals surface area contributed by atoms with Gasteiger partial charge in [-0.1, -0.05) is 59.6 Å². The van der Waals surface area contributed by atoms with E-state index in [4.69, 9.17) is 53.2 Å². The molecule has 0 aliphatic carbocycles. The molecule has 0 spiro atoms. The molecular formula is C32H36Cl2N8O5. The first kappa shape index (κ1) is 34.4. The SMILES string of the molecule is COc1nc(-c2cccc(-c3cccc(-c4cnc(CNC[C@@H]5CCC(=O)N5)c(OC)n4)c3Cl)c2Cl)cnc1CNCCOC(N)O. The number of carbonyl (C=O) groups is 1. The van der Waals surface area contributed by atoms with E-state index in [1.165, 1.54) is 7.11 Å². The summed E-state index contributed by atoms with van der Waals surface area (Å²) < 4.78 is 16.0. The van der Waals surface area contributed by atoms with Gasteiger partial charge in [-0.15, -0.1) is 0 Å². The number of aliphatic hydroxyl groups excluding tert-OH is 1. The van der Waals surface area contributed by atoms with Gasteiger partial charge in [0.1, 0.15) is 11.4 Å². The highest BCUT2D eigenvalue weighted by atomic mass is 35.5. The molecule has 6 N–H and O–H groups in total. The fourth-order valence-corrected chi connectivity index (χ4v) is 5.80. The van der Waals surface area contributed by atoms with Crippen LogP contribution >= 0.6 is 23.2 Å². The largest absolute Gasteiger partial charge is 0.480 e. The van der Waals surface area contributed by atoms with Crippen molar-refractivity contribution in [1.29, 1.82) is 0 Å². The Kier molecular flexibility index (Phi) is 11.9. The lowest BCUT2D eigenvalue weighted by Crippen LogP contribution is -2.35. The van der Waals surface area contributed by atoms with Crippen LogP contribution in [0.3, 0.4) is 0 Å². The van der Waals surface area contributed by atoms with Crippen molar-refractivity contribution in [2.24, 2.45) is 5.73 Å². The molecule has 13 nitrogen and oxygen atoms in total. The number of halogens is 2. The van der Waals surface area contributed by atoms with Crippen molar-refractivity contribution in [3.8, 4) is 45.4 Å². The molecule has 2 aromatic heterocycles. The molecular weight excluding hydrogens is 647 g/mol. The molecule has 1 fully saturated rings. The van der Waals surface area contributed by atoms with Gasteiger partial charge >= 0.3 is 0 Å². The van der Waals surface area contributed by atoms with Crippen molar-refractivity contribution in [1.82, 2.24) is 35.9 Å². The van der Waals surface area contributed by atoms with Crippen LogP contribution in [0.2, 0.25) is 10.0 Å². The van der Waals surface area contributed by atoms with Crippen molar-refractivity contribution in [3.05, 3.63) is 70.2 Å². The van der Waals surface area contributed by atoms with Crippen LogP contribution in [0.4, 0.5) is 0 Å². The van der Waals surface area contributed by atoms with Crippen LogP contribution in [-0.2, 0) is 22.6 Å². The second-order valence-corrected chi connectivity index (χ2v) is 11.4. The molecule has 1 aliphatic heterocycles. The van der Waals surface area contributed by atoms with Gasteiger partial charge in [0.15, 0.2) is 0 Å². The number of aromatic nitrogens is 4. The van der Waals surface area contributed by atoms with Crippen LogP contribution in [0.15, 0.2) is 48.8 Å². The Balaban J connectivity index is 1.35. The van der Waals surface area contributed by atoms with E-state index in [-0.39, 0.29) is 18.6 Å². The summed E-state index contributed by atoms with van der Waals surface area (Å²) in [6.07, 6.45) is 3.33. The Morgan fingerprint density at radius 1 is 0.915 bits per heavy atom. The maximum Gasteiger partial charge on any atom is 0.237 e. The summed E-state index contributed by atoms with van der Waals surface area (Å²) in [5.74, 6) is 0.792. The number of nitrogens with two attached hydrogens (primary N) is 1. The zero-order valence-corrected chi connectivity index (χ0v) is 27.4. The van der Waals surface area contributed by atoms with Gasteiger partial charge in [0, 0.05) is 60.9 Å². The van der Waals surface area contributed by atoms with Crippen LogP contribution < -0.4 is 31.2 Å². The first-order chi connectivity index (χ1) is 22.8. The van der Waals surface area contributed by atoms with E-state index >= 15 is 0 Å². The lowest BCUT2D eigenvalue weighted by Gasteiger charge is -2.15. The summed E-state index contributed by atoms with van der Waals surface area (Å²) in [5.41, 5.74) is 10.2. The molecule has 248 valence electrons. The molecule has 4 aromatic rings. The minimum atomic E-state index is -1.32. The van der Waals surface area contributed by atoms with Gasteiger partial charge < -0.3 is 35.3 Å². The Labute approximate surface area is 282 Å². The van der Waals surface area contributed by atoms with E-state index in [0.29, 0.717) is 99.4 Å². The third kappa shape index (κ3) is 8.51. The summed E-state index contributed by atoms with van der Waals surface area (Å²) in [5, 5.41) is 19.3. The average molecular weight is 684 g/mol. The molecule has 2 atom stereocenters. The summed E-state index contributed by atoms with van der Waals surface area (Å²) in [6.45, 7) is 2.09. The molecule has 0 saturated carbocycles. The standard InChI is InChI=1S/C32H36Cl2N8O5/c1-45-30-25(14-36-11-12-47-32(35)44)38-16-23(41-30)21-7-3-5-19(28(21)33)20-6-4-8-22(29(20)34)24-17-39-26(31(42-24)46-2)15-37-13-18-9-10-27(43)40-18/h3-8,16-18,32,36-37,44H,9-15,35H2,1-2H3,(H,40,43)/t18-,32?/m0/s1. The monoisotopic (exact) mass is 682 g/mol. The first-order valence-corrected chi connectivity index (χ1v) is 15.7. The second kappa shape index (κ2) is 16.2. The predicted octanol–water partition coefficient (Wildman–Crippen LogP) is 3.30. The molecule has 1 aliphatic rings. The Hall–Kier alpha value is -3.95. The number of hydrogen-bond donors (Lipinski definition) is 5. The highest BCUT2D eigenvalue weighted by Crippen LogP contribution is 2.42. The highest BCUT2D eigenvalue weighted by molar-refractivity contribution is 6.39. The number of aliphatic hydroxyl groups is 1. The van der Waals surface area contributed by atoms with E-state index in [1.807, 2.05) is 36.4 Å². The van der Waals surface area contributed by atoms with Gasteiger partial charge in [0.05, 0.1) is 54.7 Å². The lowest BCUT2D eigenvalue weighted by atomic mass is 9.98. The first-order valence-electron chi connectivity index (χ1n) is 14.9. The molecule has 3 heterocycles. The molecule has 47 heavy (non-hydrogen) atoms. The molecule has 1 saturated heterocycles. The van der Waals surface area contributed by atoms with Gasteiger partial charge in [-0.2, -0.15) is 0 Å². The van der Waals surface area contributed by atoms with Crippen molar-refractivity contribution < 1.29 is 24.1 Å². The van der Waals surface area contributed by atoms with Gasteiger partial charge in [-0.05, 0) is 6.42 Å². The number of carbonyl (C=O) groups excluding carboxylic acids is 1. The van der Waals surface area contributed by atoms with Crippen molar-refractivity contribution in [3.63, 3.8) is 0 Å². The predicted molar refractivity (Wildman–Crippen MR) is 178 cm³/mol. The number of hydrogen-bond acceptors (Lipinski definition) is 12. The Morgan fingerprint density at radius 2 is 1.45 bits per heavy atom. The van der Waals surface area contributed by atoms with Crippen molar-refractivity contribution >= 4 is 29.1 Å². The van der Waals surface area contributed by atoms with Crippen molar-refractivity contribution in [2.45, 2.75) is 38.4 Å². The summed E-state index contributed by atoms with van der Waals surface area (Å²) in [6, 6.07) is 11.3. The maximum atomic E-state index is 11.5. The number of ether oxygens (including phenoxy) is 3. The van der Waals surface area contributed by atoms with E-state index < -0.39 is 6.41 Å². The third-order valence-electron chi connectivity index (χ3n) is 7.48. The van der Waals surface area contributed by atoms with Crippen molar-refractivity contribution in [2.75, 3.05) is 33.9 Å². The lowest BCUT2D eigenvalue weighted by molar-refractivity contribution is -0.119. The highest BCUT2D eigenvalue weighted by Gasteiger charge is 2.21. The number of rotatable bonds is 15. The Morgan fingerprint density at radius 3 is 1.94 bits per heavy atom. The molecule has 5 rings (SSSR count). The summed E-state index contributed by atoms with van der Waals surface area (Å²) in [7, 11) is 3.07. The fraction of sp³-hybridized carbons (Fsp3) is 0.344. The van der Waals surface area contributed by atoms with E-state index in [0.717, 1.165) is 6.42 Å². The molecule has 1 unspecified atom stereocenters. The quantitative estimate of drug-likeness (QED) is 0.0914. The van der Waals surface area contributed by atoms with Gasteiger partial charge in [-0.25, -0.2) is 9.97 Å². The fourth-order valence-electron chi connectivity index (χ4n) is 5.15. The minimum absolute atomic E-state index is 0.0761. The third-order valence-corrected chi connectivity index (χ3v) is 8.29. The van der Waals surface area contributed by atoms with Crippen LogP contribution in [0.1, 0.15) is 24.2 Å². The summed E-state index contributed by atoms with van der Waals surface area (Å²) in [4.78, 5) is 30.0. The topological polar surface area (TPSA) is 179 Å². The van der Waals surface area contributed by atoms with Crippen LogP contribution in [-0.4, -0.2) is 77.3 Å². The van der Waals surface area contributed by atoms with Gasteiger partial charge in [0.2, 0.25) is 24.1 Å². The molecule has 1 amide bonds. The smallest absolute Gasteiger partial charge is 0.237 e.